The van der Waals surface area contributed by atoms with E-state index >= 15 is 0 Å². The predicted octanol–water partition coefficient (Wildman–Crippen LogP) is 2.52. The molecule has 1 unspecified atom stereocenters. The maximum atomic E-state index is 12.9. The number of nitrogens with zero attached hydrogens (tertiary/aromatic N) is 1. The van der Waals surface area contributed by atoms with Crippen LogP contribution in [0.2, 0.25) is 0 Å². The molecule has 3 aliphatic rings. The zero-order valence-corrected chi connectivity index (χ0v) is 12.4. The minimum Gasteiger partial charge on any atom is -0.317 e. The Labute approximate surface area is 124 Å². The van der Waals surface area contributed by atoms with E-state index in [9.17, 15) is 4.79 Å². The van der Waals surface area contributed by atoms with Crippen LogP contribution in [0.4, 0.5) is 5.69 Å². The highest BCUT2D eigenvalue weighted by atomic mass is 32.2. The predicted molar refractivity (Wildman–Crippen MR) is 82.2 cm³/mol. The number of rotatable bonds is 1. The van der Waals surface area contributed by atoms with Gasteiger partial charge in [0.2, 0.25) is 5.91 Å². The first-order valence-electron chi connectivity index (χ1n) is 7.54. The third kappa shape index (κ3) is 1.97. The van der Waals surface area contributed by atoms with Gasteiger partial charge in [0.15, 0.2) is 0 Å². The number of amides is 1. The van der Waals surface area contributed by atoms with E-state index < -0.39 is 0 Å². The Hall–Kier alpha value is -1.00. The molecule has 1 amide bonds. The number of benzene rings is 1. The van der Waals surface area contributed by atoms with Gasteiger partial charge in [-0.05, 0) is 49.9 Å². The first-order valence-corrected chi connectivity index (χ1v) is 8.53. The van der Waals surface area contributed by atoms with E-state index in [0.29, 0.717) is 11.3 Å². The number of carbonyl (C=O) groups is 1. The summed E-state index contributed by atoms with van der Waals surface area (Å²) in [4.78, 5) is 16.2. The van der Waals surface area contributed by atoms with E-state index in [2.05, 4.69) is 23.5 Å². The molecule has 0 aromatic heterocycles. The Morgan fingerprint density at radius 2 is 2.10 bits per heavy atom. The molecular formula is C16H20N2OS. The standard InChI is InChI=1S/C16H20N2OS/c19-15(12-11-16(12)5-7-17-8-6-16)18-9-10-20-14-4-2-1-3-13(14)18/h1-4,12,17H,5-11H2. The molecule has 1 aromatic carbocycles. The third-order valence-electron chi connectivity index (χ3n) is 5.08. The number of hydrogen-bond acceptors (Lipinski definition) is 3. The van der Waals surface area contributed by atoms with Crippen molar-refractivity contribution < 1.29 is 4.79 Å². The number of fused-ring (bicyclic) bond motifs is 1. The number of thioether (sulfide) groups is 1. The van der Waals surface area contributed by atoms with E-state index in [1.54, 1.807) is 0 Å². The van der Waals surface area contributed by atoms with Crippen LogP contribution in [0.5, 0.6) is 0 Å². The molecule has 106 valence electrons. The number of hydrogen-bond donors (Lipinski definition) is 1. The number of piperidine rings is 1. The fourth-order valence-electron chi connectivity index (χ4n) is 3.76. The quantitative estimate of drug-likeness (QED) is 0.862. The average Bonchev–Trinajstić information content (AvgIpc) is 3.20. The summed E-state index contributed by atoms with van der Waals surface area (Å²) in [5.74, 6) is 1.67. The van der Waals surface area contributed by atoms with Gasteiger partial charge in [0, 0.05) is 23.1 Å². The molecule has 20 heavy (non-hydrogen) atoms. The normalized spacial score (nSPS) is 27.2. The van der Waals surface area contributed by atoms with Gasteiger partial charge in [-0.1, -0.05) is 12.1 Å². The first-order chi connectivity index (χ1) is 9.80. The number of anilines is 1. The minimum atomic E-state index is 0.278. The van der Waals surface area contributed by atoms with Crippen molar-refractivity contribution in [1.29, 1.82) is 0 Å². The van der Waals surface area contributed by atoms with Gasteiger partial charge in [-0.15, -0.1) is 11.8 Å². The molecule has 1 N–H and O–H groups in total. The van der Waals surface area contributed by atoms with Crippen molar-refractivity contribution in [3.63, 3.8) is 0 Å². The van der Waals surface area contributed by atoms with Crippen LogP contribution >= 0.6 is 11.8 Å². The second-order valence-corrected chi connectivity index (χ2v) is 7.31. The van der Waals surface area contributed by atoms with Crippen LogP contribution in [0.15, 0.2) is 29.2 Å². The summed E-state index contributed by atoms with van der Waals surface area (Å²) in [5, 5.41) is 3.41. The molecule has 4 heteroatoms. The van der Waals surface area contributed by atoms with E-state index in [0.717, 1.165) is 37.5 Å². The van der Waals surface area contributed by atoms with Gasteiger partial charge in [0.1, 0.15) is 0 Å². The minimum absolute atomic E-state index is 0.278. The topological polar surface area (TPSA) is 32.3 Å². The van der Waals surface area contributed by atoms with E-state index in [4.69, 9.17) is 0 Å². The number of para-hydroxylation sites is 1. The molecule has 1 atom stereocenters. The van der Waals surface area contributed by atoms with Gasteiger partial charge in [-0.2, -0.15) is 0 Å². The molecule has 0 radical (unpaired) electrons. The summed E-state index contributed by atoms with van der Waals surface area (Å²) in [6.45, 7) is 3.03. The van der Waals surface area contributed by atoms with Gasteiger partial charge < -0.3 is 10.2 Å². The van der Waals surface area contributed by atoms with Crippen molar-refractivity contribution >= 4 is 23.4 Å². The van der Waals surface area contributed by atoms with Crippen LogP contribution in [-0.4, -0.2) is 31.3 Å². The summed E-state index contributed by atoms with van der Waals surface area (Å²) >= 11 is 1.87. The van der Waals surface area contributed by atoms with Crippen molar-refractivity contribution in [3.8, 4) is 0 Å². The van der Waals surface area contributed by atoms with Gasteiger partial charge in [0.05, 0.1) is 5.69 Å². The van der Waals surface area contributed by atoms with Gasteiger partial charge in [0.25, 0.3) is 0 Å². The Kier molecular flexibility index (Phi) is 3.04. The van der Waals surface area contributed by atoms with Crippen molar-refractivity contribution in [2.75, 3.05) is 30.3 Å². The van der Waals surface area contributed by atoms with Crippen molar-refractivity contribution in [2.45, 2.75) is 24.2 Å². The lowest BCUT2D eigenvalue weighted by atomic mass is 9.91. The molecule has 4 rings (SSSR count). The van der Waals surface area contributed by atoms with Gasteiger partial charge in [-0.25, -0.2) is 0 Å². The fraction of sp³-hybridized carbons (Fsp3) is 0.562. The van der Waals surface area contributed by atoms with Crippen molar-refractivity contribution in [3.05, 3.63) is 24.3 Å². The first kappa shape index (κ1) is 12.7. The van der Waals surface area contributed by atoms with Crippen molar-refractivity contribution in [1.82, 2.24) is 5.32 Å². The van der Waals surface area contributed by atoms with E-state index in [1.807, 2.05) is 22.7 Å². The Morgan fingerprint density at radius 1 is 1.30 bits per heavy atom. The molecule has 1 saturated heterocycles. The molecule has 1 saturated carbocycles. The summed E-state index contributed by atoms with van der Waals surface area (Å²) in [5.41, 5.74) is 1.46. The van der Waals surface area contributed by atoms with Crippen molar-refractivity contribution in [2.24, 2.45) is 11.3 Å². The number of carbonyl (C=O) groups excluding carboxylic acids is 1. The van der Waals surface area contributed by atoms with E-state index in [-0.39, 0.29) is 5.92 Å². The molecule has 1 spiro atoms. The highest BCUT2D eigenvalue weighted by molar-refractivity contribution is 7.99. The molecule has 1 aromatic rings. The molecule has 3 nitrogen and oxygen atoms in total. The van der Waals surface area contributed by atoms with Crippen LogP contribution in [0.1, 0.15) is 19.3 Å². The molecule has 1 aliphatic carbocycles. The van der Waals surface area contributed by atoms with E-state index in [1.165, 1.54) is 17.7 Å². The van der Waals surface area contributed by atoms with Crippen LogP contribution in [-0.2, 0) is 4.79 Å². The molecule has 0 bridgehead atoms. The Balaban J connectivity index is 1.56. The monoisotopic (exact) mass is 288 g/mol. The third-order valence-corrected chi connectivity index (χ3v) is 6.12. The Bertz CT molecular complexity index is 539. The lowest BCUT2D eigenvalue weighted by Gasteiger charge is -2.31. The SMILES string of the molecule is O=C(C1CC12CCNCC2)N1CCSc2ccccc21. The summed E-state index contributed by atoms with van der Waals surface area (Å²) in [6.07, 6.45) is 3.46. The zero-order chi connectivity index (χ0) is 13.6. The fourth-order valence-corrected chi connectivity index (χ4v) is 4.76. The maximum Gasteiger partial charge on any atom is 0.230 e. The highest BCUT2D eigenvalue weighted by Gasteiger charge is 2.58. The van der Waals surface area contributed by atoms with Crippen LogP contribution in [0.3, 0.4) is 0 Å². The highest BCUT2D eigenvalue weighted by Crippen LogP contribution is 2.59. The summed E-state index contributed by atoms with van der Waals surface area (Å²) in [7, 11) is 0. The largest absolute Gasteiger partial charge is 0.317 e. The van der Waals surface area contributed by atoms with Gasteiger partial charge >= 0.3 is 0 Å². The van der Waals surface area contributed by atoms with Crippen LogP contribution in [0, 0.1) is 11.3 Å². The lowest BCUT2D eigenvalue weighted by Crippen LogP contribution is -2.39. The molecule has 2 heterocycles. The smallest absolute Gasteiger partial charge is 0.230 e. The second-order valence-electron chi connectivity index (χ2n) is 6.18. The zero-order valence-electron chi connectivity index (χ0n) is 11.6. The number of nitrogens with one attached hydrogen (secondary N) is 1. The van der Waals surface area contributed by atoms with Crippen LogP contribution < -0.4 is 10.2 Å². The maximum absolute atomic E-state index is 12.9. The molecule has 2 aliphatic heterocycles. The second kappa shape index (κ2) is 4.78. The summed E-state index contributed by atoms with van der Waals surface area (Å²) in [6, 6.07) is 8.33. The molecular weight excluding hydrogens is 268 g/mol. The Morgan fingerprint density at radius 3 is 2.95 bits per heavy atom. The lowest BCUT2D eigenvalue weighted by molar-refractivity contribution is -0.120. The average molecular weight is 288 g/mol. The summed E-state index contributed by atoms with van der Waals surface area (Å²) < 4.78 is 0. The van der Waals surface area contributed by atoms with Gasteiger partial charge in [-0.3, -0.25) is 4.79 Å². The molecule has 2 fully saturated rings. The van der Waals surface area contributed by atoms with Crippen LogP contribution in [0.25, 0.3) is 0 Å².